The second-order valence-electron chi connectivity index (χ2n) is 5.46. The zero-order chi connectivity index (χ0) is 13.5. The molecule has 1 aliphatic carbocycles. The lowest BCUT2D eigenvalue weighted by Gasteiger charge is -2.46. The van der Waals surface area contributed by atoms with E-state index in [2.05, 4.69) is 0 Å². The summed E-state index contributed by atoms with van der Waals surface area (Å²) in [5.41, 5.74) is -0.873. The largest absolute Gasteiger partial charge is 0.481 e. The number of halogens is 2. The van der Waals surface area contributed by atoms with E-state index in [0.29, 0.717) is 24.7 Å². The van der Waals surface area contributed by atoms with Crippen molar-refractivity contribution < 1.29 is 18.7 Å². The molecule has 2 rings (SSSR count). The Hall–Kier alpha value is -1.45. The third-order valence-corrected chi connectivity index (χ3v) is 3.99. The first-order valence-electron chi connectivity index (χ1n) is 6.05. The van der Waals surface area contributed by atoms with Crippen LogP contribution in [-0.2, 0) is 10.2 Å². The third kappa shape index (κ3) is 2.00. The van der Waals surface area contributed by atoms with Crippen LogP contribution in [0.1, 0.15) is 32.3 Å². The van der Waals surface area contributed by atoms with Gasteiger partial charge in [0, 0.05) is 6.07 Å². The van der Waals surface area contributed by atoms with Gasteiger partial charge in [-0.05, 0) is 42.4 Å². The van der Waals surface area contributed by atoms with E-state index in [1.165, 1.54) is 0 Å². The van der Waals surface area contributed by atoms with Crippen LogP contribution in [0, 0.1) is 23.5 Å². The summed E-state index contributed by atoms with van der Waals surface area (Å²) >= 11 is 0. The van der Waals surface area contributed by atoms with Gasteiger partial charge in [-0.25, -0.2) is 8.78 Å². The number of benzene rings is 1. The SMILES string of the molecule is CC(C)C1CC(C(=O)O)(c2cc(F)cc(F)c2)C1. The van der Waals surface area contributed by atoms with Crippen LogP contribution in [-0.4, -0.2) is 11.1 Å². The molecule has 18 heavy (non-hydrogen) atoms. The molecule has 1 aromatic carbocycles. The Morgan fingerprint density at radius 3 is 2.17 bits per heavy atom. The zero-order valence-electron chi connectivity index (χ0n) is 10.4. The van der Waals surface area contributed by atoms with Gasteiger partial charge in [-0.2, -0.15) is 0 Å². The summed E-state index contributed by atoms with van der Waals surface area (Å²) in [6, 6.07) is 3.03. The Morgan fingerprint density at radius 2 is 1.78 bits per heavy atom. The monoisotopic (exact) mass is 254 g/mol. The molecule has 2 nitrogen and oxygen atoms in total. The number of aliphatic carboxylic acids is 1. The van der Waals surface area contributed by atoms with Gasteiger partial charge in [-0.15, -0.1) is 0 Å². The molecule has 0 heterocycles. The van der Waals surface area contributed by atoms with Crippen LogP contribution in [0.4, 0.5) is 8.78 Å². The van der Waals surface area contributed by atoms with Crippen LogP contribution in [0.3, 0.4) is 0 Å². The Bertz CT molecular complexity index is 456. The molecule has 0 aromatic heterocycles. The molecule has 0 bridgehead atoms. The van der Waals surface area contributed by atoms with E-state index in [1.54, 1.807) is 0 Å². The number of carboxylic acid groups (broad SMARTS) is 1. The van der Waals surface area contributed by atoms with Crippen molar-refractivity contribution in [1.29, 1.82) is 0 Å². The molecule has 4 heteroatoms. The molecule has 0 saturated heterocycles. The maximum absolute atomic E-state index is 13.2. The van der Waals surface area contributed by atoms with Gasteiger partial charge < -0.3 is 5.11 Å². The number of hydrogen-bond donors (Lipinski definition) is 1. The molecule has 0 unspecified atom stereocenters. The van der Waals surface area contributed by atoms with Crippen molar-refractivity contribution in [3.63, 3.8) is 0 Å². The van der Waals surface area contributed by atoms with Crippen molar-refractivity contribution in [3.05, 3.63) is 35.4 Å². The van der Waals surface area contributed by atoms with Gasteiger partial charge in [0.05, 0.1) is 5.41 Å². The minimum Gasteiger partial charge on any atom is -0.481 e. The fourth-order valence-corrected chi connectivity index (χ4v) is 2.67. The quantitative estimate of drug-likeness (QED) is 0.898. The lowest BCUT2D eigenvalue weighted by molar-refractivity contribution is -0.150. The summed E-state index contributed by atoms with van der Waals surface area (Å²) in [5, 5.41) is 9.37. The number of rotatable bonds is 3. The predicted molar refractivity (Wildman–Crippen MR) is 63.2 cm³/mol. The van der Waals surface area contributed by atoms with Crippen LogP contribution in [0.15, 0.2) is 18.2 Å². The smallest absolute Gasteiger partial charge is 0.314 e. The maximum atomic E-state index is 13.2. The maximum Gasteiger partial charge on any atom is 0.314 e. The van der Waals surface area contributed by atoms with Gasteiger partial charge in [0.15, 0.2) is 0 Å². The predicted octanol–water partition coefficient (Wildman–Crippen LogP) is 3.35. The highest BCUT2D eigenvalue weighted by atomic mass is 19.1. The zero-order valence-corrected chi connectivity index (χ0v) is 10.4. The van der Waals surface area contributed by atoms with Gasteiger partial charge in [0.1, 0.15) is 11.6 Å². The van der Waals surface area contributed by atoms with Crippen molar-refractivity contribution in [1.82, 2.24) is 0 Å². The topological polar surface area (TPSA) is 37.3 Å². The van der Waals surface area contributed by atoms with Crippen LogP contribution in [0.2, 0.25) is 0 Å². The van der Waals surface area contributed by atoms with Gasteiger partial charge in [0.2, 0.25) is 0 Å². The minimum atomic E-state index is -1.11. The summed E-state index contributed by atoms with van der Waals surface area (Å²) in [4.78, 5) is 11.4. The Kier molecular flexibility index (Phi) is 3.13. The van der Waals surface area contributed by atoms with Gasteiger partial charge >= 0.3 is 5.97 Å². The van der Waals surface area contributed by atoms with Crippen molar-refractivity contribution in [2.75, 3.05) is 0 Å². The molecule has 1 saturated carbocycles. The van der Waals surface area contributed by atoms with E-state index >= 15 is 0 Å². The molecule has 0 amide bonds. The number of hydrogen-bond acceptors (Lipinski definition) is 1. The first-order valence-corrected chi connectivity index (χ1v) is 6.05. The van der Waals surface area contributed by atoms with Crippen LogP contribution in [0.5, 0.6) is 0 Å². The molecule has 1 N–H and O–H groups in total. The second kappa shape index (κ2) is 4.34. The lowest BCUT2D eigenvalue weighted by Crippen LogP contribution is -2.49. The highest BCUT2D eigenvalue weighted by molar-refractivity contribution is 5.82. The third-order valence-electron chi connectivity index (χ3n) is 3.99. The Morgan fingerprint density at radius 1 is 1.28 bits per heavy atom. The number of carboxylic acids is 1. The molecule has 1 aliphatic rings. The van der Waals surface area contributed by atoms with Gasteiger partial charge in [0.25, 0.3) is 0 Å². The van der Waals surface area contributed by atoms with Gasteiger partial charge in [-0.3, -0.25) is 4.79 Å². The van der Waals surface area contributed by atoms with Crippen LogP contribution >= 0.6 is 0 Å². The molecule has 1 aromatic rings. The molecule has 1 fully saturated rings. The molecular weight excluding hydrogens is 238 g/mol. The van der Waals surface area contributed by atoms with Crippen molar-refractivity contribution >= 4 is 5.97 Å². The van der Waals surface area contributed by atoms with Crippen molar-refractivity contribution in [2.45, 2.75) is 32.1 Å². The van der Waals surface area contributed by atoms with E-state index in [1.807, 2.05) is 13.8 Å². The van der Waals surface area contributed by atoms with E-state index in [9.17, 15) is 18.7 Å². The molecule has 0 atom stereocenters. The highest BCUT2D eigenvalue weighted by Crippen LogP contribution is 2.51. The Balaban J connectivity index is 2.36. The van der Waals surface area contributed by atoms with Crippen LogP contribution in [0.25, 0.3) is 0 Å². The first kappa shape index (κ1) is 13.0. The number of carbonyl (C=O) groups is 1. The Labute approximate surface area is 105 Å². The highest BCUT2D eigenvalue weighted by Gasteiger charge is 2.52. The normalized spacial score (nSPS) is 27.1. The lowest BCUT2D eigenvalue weighted by atomic mass is 9.56. The summed E-state index contributed by atoms with van der Waals surface area (Å²) in [6.45, 7) is 4.06. The van der Waals surface area contributed by atoms with E-state index in [-0.39, 0.29) is 5.56 Å². The summed E-state index contributed by atoms with van der Waals surface area (Å²) in [6.07, 6.45) is 0.895. The van der Waals surface area contributed by atoms with E-state index < -0.39 is 23.0 Å². The molecular formula is C14H16F2O2. The first-order chi connectivity index (χ1) is 8.35. The van der Waals surface area contributed by atoms with E-state index in [0.717, 1.165) is 18.2 Å². The van der Waals surface area contributed by atoms with Crippen molar-refractivity contribution in [2.24, 2.45) is 11.8 Å². The fraction of sp³-hybridized carbons (Fsp3) is 0.500. The van der Waals surface area contributed by atoms with Crippen molar-refractivity contribution in [3.8, 4) is 0 Å². The molecule has 0 radical (unpaired) electrons. The van der Waals surface area contributed by atoms with Crippen LogP contribution < -0.4 is 0 Å². The average Bonchev–Trinajstić information content (AvgIpc) is 2.12. The summed E-state index contributed by atoms with van der Waals surface area (Å²) < 4.78 is 26.4. The summed E-state index contributed by atoms with van der Waals surface area (Å²) in [5.74, 6) is -1.76. The fourth-order valence-electron chi connectivity index (χ4n) is 2.67. The average molecular weight is 254 g/mol. The standard InChI is InChI=1S/C14H16F2O2/c1-8(2)9-6-14(7-9,13(17)18)10-3-11(15)5-12(16)4-10/h3-5,8-9H,6-7H2,1-2H3,(H,17,18). The van der Waals surface area contributed by atoms with E-state index in [4.69, 9.17) is 0 Å². The molecule has 0 spiro atoms. The second-order valence-corrected chi connectivity index (χ2v) is 5.46. The minimum absolute atomic E-state index is 0.240. The molecule has 98 valence electrons. The summed E-state index contributed by atoms with van der Waals surface area (Å²) in [7, 11) is 0. The van der Waals surface area contributed by atoms with Gasteiger partial charge in [-0.1, -0.05) is 13.8 Å². The molecule has 0 aliphatic heterocycles.